The summed E-state index contributed by atoms with van der Waals surface area (Å²) in [6.07, 6.45) is 0. The molecule has 0 fully saturated rings. The van der Waals surface area contributed by atoms with Crippen molar-refractivity contribution in [1.82, 2.24) is 0 Å². The summed E-state index contributed by atoms with van der Waals surface area (Å²) in [4.78, 5) is 0. The molecule has 0 bridgehead atoms. The molecule has 0 aromatic heterocycles. The Bertz CT molecular complexity index is 250. The molecule has 0 radical (unpaired) electrons. The molecular weight excluding hydrogens is 152 g/mol. The van der Waals surface area contributed by atoms with Crippen LogP contribution in [0.15, 0.2) is 24.3 Å². The molecule has 1 atom stereocenters. The molecule has 0 heterocycles. The highest BCUT2D eigenvalue weighted by Crippen LogP contribution is 2.13. The number of ether oxygens (including phenoxy) is 1. The molecule has 0 spiro atoms. The van der Waals surface area contributed by atoms with Crippen LogP contribution in [0.25, 0.3) is 0 Å². The monoisotopic (exact) mass is 166 g/mol. The topological polar surface area (TPSA) is 61.3 Å². The van der Waals surface area contributed by atoms with Gasteiger partial charge in [-0.1, -0.05) is 12.1 Å². The lowest BCUT2D eigenvalue weighted by atomic mass is 10.1. The smallest absolute Gasteiger partial charge is 0.0655 e. The summed E-state index contributed by atoms with van der Waals surface area (Å²) in [5.41, 5.74) is 13.1. The molecule has 3 heteroatoms. The summed E-state index contributed by atoms with van der Waals surface area (Å²) in [6.45, 7) is 0.517. The molecule has 0 amide bonds. The third-order valence-electron chi connectivity index (χ3n) is 1.69. The number of hydrogen-bond acceptors (Lipinski definition) is 3. The third kappa shape index (κ3) is 2.22. The second-order valence-electron chi connectivity index (χ2n) is 2.73. The van der Waals surface area contributed by atoms with Gasteiger partial charge in [-0.05, 0) is 17.7 Å². The predicted molar refractivity (Wildman–Crippen MR) is 49.7 cm³/mol. The Morgan fingerprint density at radius 1 is 1.50 bits per heavy atom. The zero-order valence-electron chi connectivity index (χ0n) is 7.16. The van der Waals surface area contributed by atoms with Gasteiger partial charge >= 0.3 is 0 Å². The van der Waals surface area contributed by atoms with Crippen molar-refractivity contribution in [1.29, 1.82) is 0 Å². The van der Waals surface area contributed by atoms with E-state index in [0.717, 1.165) is 11.3 Å². The van der Waals surface area contributed by atoms with Gasteiger partial charge in [0, 0.05) is 12.8 Å². The quantitative estimate of drug-likeness (QED) is 0.656. The van der Waals surface area contributed by atoms with Gasteiger partial charge in [0.15, 0.2) is 0 Å². The van der Waals surface area contributed by atoms with Crippen molar-refractivity contribution in [2.75, 3.05) is 19.5 Å². The highest BCUT2D eigenvalue weighted by Gasteiger charge is 2.04. The van der Waals surface area contributed by atoms with Crippen LogP contribution in [0.5, 0.6) is 0 Å². The summed E-state index contributed by atoms with van der Waals surface area (Å²) in [7, 11) is 1.63. The number of anilines is 1. The maximum absolute atomic E-state index is 5.79. The van der Waals surface area contributed by atoms with E-state index < -0.39 is 0 Å². The van der Waals surface area contributed by atoms with Crippen molar-refractivity contribution >= 4 is 5.69 Å². The third-order valence-corrected chi connectivity index (χ3v) is 1.69. The number of methoxy groups -OCH3 is 1. The highest BCUT2D eigenvalue weighted by molar-refractivity contribution is 5.41. The van der Waals surface area contributed by atoms with Crippen molar-refractivity contribution in [3.8, 4) is 0 Å². The fourth-order valence-corrected chi connectivity index (χ4v) is 1.07. The first-order valence-electron chi connectivity index (χ1n) is 3.84. The number of nitrogen functional groups attached to an aromatic ring is 1. The standard InChI is InChI=1S/C9H14N2O/c1-12-6-9(11)7-3-2-4-8(10)5-7/h2-5,9H,6,10-11H2,1H3. The van der Waals surface area contributed by atoms with Crippen molar-refractivity contribution < 1.29 is 4.74 Å². The first-order valence-corrected chi connectivity index (χ1v) is 3.84. The van der Waals surface area contributed by atoms with Crippen molar-refractivity contribution in [3.05, 3.63) is 29.8 Å². The van der Waals surface area contributed by atoms with E-state index in [1.54, 1.807) is 7.11 Å². The Balaban J connectivity index is 2.73. The van der Waals surface area contributed by atoms with Gasteiger partial charge in [0.2, 0.25) is 0 Å². The number of benzene rings is 1. The molecule has 0 saturated heterocycles. The summed E-state index contributed by atoms with van der Waals surface area (Å²) in [5, 5.41) is 0. The Morgan fingerprint density at radius 2 is 2.25 bits per heavy atom. The average Bonchev–Trinajstić information content (AvgIpc) is 2.05. The maximum atomic E-state index is 5.79. The Labute approximate surface area is 72.3 Å². The Morgan fingerprint density at radius 3 is 2.83 bits per heavy atom. The van der Waals surface area contributed by atoms with Gasteiger partial charge in [0.05, 0.1) is 12.6 Å². The molecule has 0 aliphatic rings. The lowest BCUT2D eigenvalue weighted by Crippen LogP contribution is -2.16. The summed E-state index contributed by atoms with van der Waals surface area (Å²) in [5.74, 6) is 0. The van der Waals surface area contributed by atoms with Gasteiger partial charge in [-0.15, -0.1) is 0 Å². The van der Waals surface area contributed by atoms with E-state index in [2.05, 4.69) is 0 Å². The second-order valence-corrected chi connectivity index (χ2v) is 2.73. The zero-order chi connectivity index (χ0) is 8.97. The minimum atomic E-state index is -0.0847. The Hall–Kier alpha value is -1.06. The molecular formula is C9H14N2O. The first-order chi connectivity index (χ1) is 5.74. The van der Waals surface area contributed by atoms with Gasteiger partial charge < -0.3 is 16.2 Å². The van der Waals surface area contributed by atoms with Gasteiger partial charge in [-0.2, -0.15) is 0 Å². The predicted octanol–water partition coefficient (Wildman–Crippen LogP) is 0.915. The Kier molecular flexibility index (Phi) is 3.08. The molecule has 1 rings (SSSR count). The largest absolute Gasteiger partial charge is 0.399 e. The first kappa shape index (κ1) is 9.03. The highest BCUT2D eigenvalue weighted by atomic mass is 16.5. The normalized spacial score (nSPS) is 12.8. The van der Waals surface area contributed by atoms with Crippen LogP contribution < -0.4 is 11.5 Å². The van der Waals surface area contributed by atoms with E-state index in [0.29, 0.717) is 6.61 Å². The van der Waals surface area contributed by atoms with E-state index in [1.807, 2.05) is 24.3 Å². The molecule has 66 valence electrons. The number of nitrogens with two attached hydrogens (primary N) is 2. The van der Waals surface area contributed by atoms with Crippen LogP contribution in [0.4, 0.5) is 5.69 Å². The minimum Gasteiger partial charge on any atom is -0.399 e. The molecule has 1 aromatic carbocycles. The van der Waals surface area contributed by atoms with E-state index >= 15 is 0 Å². The van der Waals surface area contributed by atoms with E-state index in [9.17, 15) is 0 Å². The fraction of sp³-hybridized carbons (Fsp3) is 0.333. The fourth-order valence-electron chi connectivity index (χ4n) is 1.07. The van der Waals surface area contributed by atoms with Crippen molar-refractivity contribution in [2.45, 2.75) is 6.04 Å². The summed E-state index contributed by atoms with van der Waals surface area (Å²) < 4.78 is 4.93. The molecule has 1 unspecified atom stereocenters. The molecule has 0 aliphatic carbocycles. The zero-order valence-corrected chi connectivity index (χ0v) is 7.16. The molecule has 12 heavy (non-hydrogen) atoms. The lowest BCUT2D eigenvalue weighted by molar-refractivity contribution is 0.181. The van der Waals surface area contributed by atoms with Crippen LogP contribution in [0.3, 0.4) is 0 Å². The lowest BCUT2D eigenvalue weighted by Gasteiger charge is -2.10. The molecule has 0 aliphatic heterocycles. The van der Waals surface area contributed by atoms with E-state index in [-0.39, 0.29) is 6.04 Å². The number of rotatable bonds is 3. The van der Waals surface area contributed by atoms with Crippen LogP contribution in [0.1, 0.15) is 11.6 Å². The molecule has 1 aromatic rings. The van der Waals surface area contributed by atoms with Gasteiger partial charge in [-0.25, -0.2) is 0 Å². The molecule has 3 nitrogen and oxygen atoms in total. The molecule has 0 saturated carbocycles. The van der Waals surface area contributed by atoms with E-state index in [4.69, 9.17) is 16.2 Å². The van der Waals surface area contributed by atoms with Gasteiger partial charge in [0.25, 0.3) is 0 Å². The molecule has 4 N–H and O–H groups in total. The minimum absolute atomic E-state index is 0.0847. The van der Waals surface area contributed by atoms with Crippen LogP contribution in [-0.4, -0.2) is 13.7 Å². The van der Waals surface area contributed by atoms with Crippen molar-refractivity contribution in [2.24, 2.45) is 5.73 Å². The van der Waals surface area contributed by atoms with Gasteiger partial charge in [-0.3, -0.25) is 0 Å². The SMILES string of the molecule is COCC(N)c1cccc(N)c1. The maximum Gasteiger partial charge on any atom is 0.0655 e. The summed E-state index contributed by atoms with van der Waals surface area (Å²) in [6, 6.07) is 7.45. The van der Waals surface area contributed by atoms with Gasteiger partial charge in [0.1, 0.15) is 0 Å². The number of hydrogen-bond donors (Lipinski definition) is 2. The van der Waals surface area contributed by atoms with Crippen LogP contribution in [0, 0.1) is 0 Å². The van der Waals surface area contributed by atoms with E-state index in [1.165, 1.54) is 0 Å². The summed E-state index contributed by atoms with van der Waals surface area (Å²) >= 11 is 0. The van der Waals surface area contributed by atoms with Crippen LogP contribution >= 0.6 is 0 Å². The van der Waals surface area contributed by atoms with Crippen molar-refractivity contribution in [3.63, 3.8) is 0 Å². The second kappa shape index (κ2) is 4.09. The average molecular weight is 166 g/mol. The van der Waals surface area contributed by atoms with Crippen LogP contribution in [-0.2, 0) is 4.74 Å². The van der Waals surface area contributed by atoms with Crippen LogP contribution in [0.2, 0.25) is 0 Å².